The minimum absolute atomic E-state index is 0.112. The Labute approximate surface area is 107 Å². The number of hydrogen-bond donors (Lipinski definition) is 2. The number of nitrogens with zero attached hydrogens (tertiary/aromatic N) is 1. The first-order chi connectivity index (χ1) is 8.45. The Hall–Kier alpha value is -1.56. The Morgan fingerprint density at radius 3 is 2.83 bits per heavy atom. The molecule has 1 rings (SSSR count). The van der Waals surface area contributed by atoms with Crippen molar-refractivity contribution in [3.05, 3.63) is 12.7 Å². The summed E-state index contributed by atoms with van der Waals surface area (Å²) in [5.74, 6) is -0.961. The molecule has 0 aromatic rings. The molecule has 2 atom stereocenters. The molecule has 102 valence electrons. The van der Waals surface area contributed by atoms with Gasteiger partial charge in [0.1, 0.15) is 5.41 Å². The van der Waals surface area contributed by atoms with Gasteiger partial charge in [0, 0.05) is 13.1 Å². The van der Waals surface area contributed by atoms with Crippen LogP contribution in [0.15, 0.2) is 12.7 Å². The van der Waals surface area contributed by atoms with Crippen LogP contribution in [0.1, 0.15) is 13.8 Å². The second-order valence-electron chi connectivity index (χ2n) is 4.57. The van der Waals surface area contributed by atoms with Crippen LogP contribution in [-0.4, -0.2) is 54.4 Å². The Morgan fingerprint density at radius 2 is 2.33 bits per heavy atom. The molecule has 2 unspecified atom stereocenters. The molecule has 0 bridgehead atoms. The first kappa shape index (κ1) is 14.5. The maximum atomic E-state index is 11.9. The van der Waals surface area contributed by atoms with Gasteiger partial charge in [-0.05, 0) is 13.8 Å². The molecular formula is C12H20N2O4. The number of ether oxygens (including phenoxy) is 1. The van der Waals surface area contributed by atoms with Crippen LogP contribution < -0.4 is 5.32 Å². The smallest absolute Gasteiger partial charge is 0.318 e. The van der Waals surface area contributed by atoms with E-state index in [0.717, 1.165) is 0 Å². The van der Waals surface area contributed by atoms with Crippen molar-refractivity contribution in [3.63, 3.8) is 0 Å². The number of urea groups is 1. The molecule has 0 spiro atoms. The minimum Gasteiger partial charge on any atom is -0.481 e. The van der Waals surface area contributed by atoms with Crippen molar-refractivity contribution in [2.45, 2.75) is 19.9 Å². The molecule has 0 saturated carbocycles. The SMILES string of the molecule is C=CCN(CC)C(=O)NC1COCC1(C)C(=O)O. The number of amides is 2. The lowest BCUT2D eigenvalue weighted by Crippen LogP contribution is -2.53. The standard InChI is InChI=1S/C12H20N2O4/c1-4-6-14(5-2)11(17)13-9-7-18-8-12(9,3)10(15)16/h4,9H,1,5-8H2,2-3H3,(H,13,17)(H,15,16). The molecule has 1 aliphatic rings. The first-order valence-electron chi connectivity index (χ1n) is 5.93. The number of aliphatic carboxylic acids is 1. The highest BCUT2D eigenvalue weighted by Gasteiger charge is 2.47. The van der Waals surface area contributed by atoms with Gasteiger partial charge in [-0.15, -0.1) is 6.58 Å². The number of carboxylic acid groups (broad SMARTS) is 1. The molecule has 2 amide bonds. The van der Waals surface area contributed by atoms with E-state index in [2.05, 4.69) is 11.9 Å². The van der Waals surface area contributed by atoms with E-state index < -0.39 is 17.4 Å². The summed E-state index contributed by atoms with van der Waals surface area (Å²) in [4.78, 5) is 24.7. The van der Waals surface area contributed by atoms with Crippen LogP contribution in [0.4, 0.5) is 4.79 Å². The Morgan fingerprint density at radius 1 is 1.67 bits per heavy atom. The molecule has 0 aliphatic carbocycles. The first-order valence-corrected chi connectivity index (χ1v) is 5.93. The largest absolute Gasteiger partial charge is 0.481 e. The molecule has 6 heteroatoms. The second kappa shape index (κ2) is 5.86. The van der Waals surface area contributed by atoms with Crippen LogP contribution in [0.5, 0.6) is 0 Å². The topological polar surface area (TPSA) is 78.9 Å². The zero-order valence-corrected chi connectivity index (χ0v) is 10.8. The van der Waals surface area contributed by atoms with Gasteiger partial charge in [0.25, 0.3) is 0 Å². The van der Waals surface area contributed by atoms with Crippen molar-refractivity contribution in [3.8, 4) is 0 Å². The highest BCUT2D eigenvalue weighted by atomic mass is 16.5. The van der Waals surface area contributed by atoms with Crippen LogP contribution >= 0.6 is 0 Å². The number of carbonyl (C=O) groups excluding carboxylic acids is 1. The summed E-state index contributed by atoms with van der Waals surface area (Å²) >= 11 is 0. The summed E-state index contributed by atoms with van der Waals surface area (Å²) in [6.45, 7) is 8.31. The van der Waals surface area contributed by atoms with Crippen molar-refractivity contribution in [2.75, 3.05) is 26.3 Å². The lowest BCUT2D eigenvalue weighted by atomic mass is 9.85. The van der Waals surface area contributed by atoms with Gasteiger partial charge in [0.2, 0.25) is 0 Å². The third kappa shape index (κ3) is 2.81. The van der Waals surface area contributed by atoms with Crippen molar-refractivity contribution in [2.24, 2.45) is 5.41 Å². The number of likely N-dealkylation sites (N-methyl/N-ethyl adjacent to an activating group) is 1. The monoisotopic (exact) mass is 256 g/mol. The number of nitrogens with one attached hydrogen (secondary N) is 1. The zero-order valence-electron chi connectivity index (χ0n) is 10.8. The van der Waals surface area contributed by atoms with E-state index in [0.29, 0.717) is 13.1 Å². The fraction of sp³-hybridized carbons (Fsp3) is 0.667. The summed E-state index contributed by atoms with van der Waals surface area (Å²) in [5.41, 5.74) is -1.07. The zero-order chi connectivity index (χ0) is 13.8. The molecule has 6 nitrogen and oxygen atoms in total. The maximum Gasteiger partial charge on any atom is 0.318 e. The third-order valence-electron chi connectivity index (χ3n) is 3.26. The lowest BCUT2D eigenvalue weighted by molar-refractivity contribution is -0.148. The normalized spacial score (nSPS) is 26.7. The Kier molecular flexibility index (Phi) is 4.72. The number of rotatable bonds is 5. The molecule has 1 heterocycles. The van der Waals surface area contributed by atoms with Crippen LogP contribution in [0.3, 0.4) is 0 Å². The number of hydrogen-bond acceptors (Lipinski definition) is 3. The molecule has 0 aromatic carbocycles. The van der Waals surface area contributed by atoms with Gasteiger partial charge in [-0.25, -0.2) is 4.79 Å². The molecule has 2 N–H and O–H groups in total. The minimum atomic E-state index is -1.07. The van der Waals surface area contributed by atoms with Crippen molar-refractivity contribution < 1.29 is 19.4 Å². The van der Waals surface area contributed by atoms with Gasteiger partial charge < -0.3 is 20.1 Å². The molecule has 1 aliphatic heterocycles. The fourth-order valence-electron chi connectivity index (χ4n) is 1.84. The average Bonchev–Trinajstić information content (AvgIpc) is 2.69. The van der Waals surface area contributed by atoms with Crippen LogP contribution in [0, 0.1) is 5.41 Å². The average molecular weight is 256 g/mol. The Balaban J connectivity index is 2.69. The van der Waals surface area contributed by atoms with Crippen molar-refractivity contribution in [1.82, 2.24) is 10.2 Å². The predicted octanol–water partition coefficient (Wildman–Crippen LogP) is 0.694. The van der Waals surface area contributed by atoms with Crippen LogP contribution in [0.25, 0.3) is 0 Å². The Bertz CT molecular complexity index is 345. The molecule has 18 heavy (non-hydrogen) atoms. The summed E-state index contributed by atoms with van der Waals surface area (Å²) in [6, 6.07) is -0.804. The van der Waals surface area contributed by atoms with Crippen LogP contribution in [-0.2, 0) is 9.53 Å². The summed E-state index contributed by atoms with van der Waals surface area (Å²) in [5, 5.41) is 11.9. The number of carboxylic acids is 1. The van der Waals surface area contributed by atoms with Gasteiger partial charge in [-0.1, -0.05) is 6.08 Å². The summed E-state index contributed by atoms with van der Waals surface area (Å²) < 4.78 is 5.17. The molecule has 1 fully saturated rings. The van der Waals surface area contributed by atoms with Gasteiger partial charge in [0.05, 0.1) is 19.3 Å². The molecule has 0 radical (unpaired) electrons. The van der Waals surface area contributed by atoms with Gasteiger partial charge >= 0.3 is 12.0 Å². The quantitative estimate of drug-likeness (QED) is 0.709. The van der Waals surface area contributed by atoms with Crippen LogP contribution in [0.2, 0.25) is 0 Å². The number of carbonyl (C=O) groups is 2. The molecular weight excluding hydrogens is 236 g/mol. The highest BCUT2D eigenvalue weighted by Crippen LogP contribution is 2.28. The summed E-state index contributed by atoms with van der Waals surface area (Å²) in [6.07, 6.45) is 1.63. The fourth-order valence-corrected chi connectivity index (χ4v) is 1.84. The van der Waals surface area contributed by atoms with E-state index in [1.54, 1.807) is 17.9 Å². The van der Waals surface area contributed by atoms with E-state index >= 15 is 0 Å². The highest BCUT2D eigenvalue weighted by molar-refractivity contribution is 5.79. The predicted molar refractivity (Wildman–Crippen MR) is 66.3 cm³/mol. The van der Waals surface area contributed by atoms with Gasteiger partial charge in [0.15, 0.2) is 0 Å². The van der Waals surface area contributed by atoms with Crippen molar-refractivity contribution in [1.29, 1.82) is 0 Å². The van der Waals surface area contributed by atoms with E-state index in [4.69, 9.17) is 4.74 Å². The van der Waals surface area contributed by atoms with Gasteiger partial charge in [-0.2, -0.15) is 0 Å². The van der Waals surface area contributed by atoms with E-state index in [-0.39, 0.29) is 19.2 Å². The van der Waals surface area contributed by atoms with E-state index in [9.17, 15) is 14.7 Å². The molecule has 1 saturated heterocycles. The van der Waals surface area contributed by atoms with E-state index in [1.165, 1.54) is 0 Å². The lowest BCUT2D eigenvalue weighted by Gasteiger charge is -2.28. The van der Waals surface area contributed by atoms with Gasteiger partial charge in [-0.3, -0.25) is 4.79 Å². The maximum absolute atomic E-state index is 11.9. The van der Waals surface area contributed by atoms with E-state index in [1.807, 2.05) is 6.92 Å². The third-order valence-corrected chi connectivity index (χ3v) is 3.26. The molecule has 0 aromatic heterocycles. The summed E-state index contributed by atoms with van der Waals surface area (Å²) in [7, 11) is 0. The second-order valence-corrected chi connectivity index (χ2v) is 4.57. The van der Waals surface area contributed by atoms with Crippen molar-refractivity contribution >= 4 is 12.0 Å².